The molecule has 1 atom stereocenters. The summed E-state index contributed by atoms with van der Waals surface area (Å²) in [5.74, 6) is 0.357. The molecular formula is C18H17BrN4O2. The fraction of sp³-hybridized carbons (Fsp3) is 0.167. The van der Waals surface area contributed by atoms with Crippen molar-refractivity contribution in [1.82, 2.24) is 15.0 Å². The Kier molecular flexibility index (Phi) is 5.14. The van der Waals surface area contributed by atoms with E-state index in [-0.39, 0.29) is 6.10 Å². The van der Waals surface area contributed by atoms with E-state index in [0.29, 0.717) is 11.5 Å². The third-order valence-electron chi connectivity index (χ3n) is 3.72. The number of amides is 1. The molecule has 0 radical (unpaired) electrons. The number of nitrogens with one attached hydrogen (secondary N) is 1. The van der Waals surface area contributed by atoms with Crippen molar-refractivity contribution in [2.24, 2.45) is 7.05 Å². The van der Waals surface area contributed by atoms with Crippen LogP contribution in [-0.2, 0) is 11.8 Å². The SMILES string of the molecule is CC(OC(=O)Nc1nnn(C)c1-c1ccc(Br)cc1)c1ccccc1. The van der Waals surface area contributed by atoms with E-state index in [1.165, 1.54) is 0 Å². The topological polar surface area (TPSA) is 69.0 Å². The van der Waals surface area contributed by atoms with Crippen LogP contribution in [0.4, 0.5) is 10.6 Å². The summed E-state index contributed by atoms with van der Waals surface area (Å²) in [6, 6.07) is 17.2. The summed E-state index contributed by atoms with van der Waals surface area (Å²) in [7, 11) is 1.77. The quantitative estimate of drug-likeness (QED) is 0.696. The molecule has 25 heavy (non-hydrogen) atoms. The van der Waals surface area contributed by atoms with E-state index in [1.54, 1.807) is 11.7 Å². The van der Waals surface area contributed by atoms with E-state index in [4.69, 9.17) is 4.74 Å². The first-order valence-corrected chi connectivity index (χ1v) is 8.52. The van der Waals surface area contributed by atoms with Crippen LogP contribution < -0.4 is 5.32 Å². The van der Waals surface area contributed by atoms with Crippen LogP contribution in [0.3, 0.4) is 0 Å². The molecule has 2 aromatic carbocycles. The molecule has 0 saturated carbocycles. The Hall–Kier alpha value is -2.67. The van der Waals surface area contributed by atoms with Gasteiger partial charge in [0.25, 0.3) is 0 Å². The van der Waals surface area contributed by atoms with E-state index >= 15 is 0 Å². The first-order valence-electron chi connectivity index (χ1n) is 7.73. The summed E-state index contributed by atoms with van der Waals surface area (Å²) in [6.07, 6.45) is -0.941. The number of anilines is 1. The van der Waals surface area contributed by atoms with Crippen molar-refractivity contribution in [2.75, 3.05) is 5.32 Å². The van der Waals surface area contributed by atoms with Crippen LogP contribution in [0, 0.1) is 0 Å². The first-order chi connectivity index (χ1) is 12.0. The second-order valence-corrected chi connectivity index (χ2v) is 6.42. The third kappa shape index (κ3) is 4.06. The lowest BCUT2D eigenvalue weighted by Gasteiger charge is -2.14. The van der Waals surface area contributed by atoms with Crippen LogP contribution in [0.5, 0.6) is 0 Å². The Bertz CT molecular complexity index is 863. The normalized spacial score (nSPS) is 11.8. The highest BCUT2D eigenvalue weighted by atomic mass is 79.9. The van der Waals surface area contributed by atoms with Crippen LogP contribution in [0.2, 0.25) is 0 Å². The fourth-order valence-electron chi connectivity index (χ4n) is 2.45. The van der Waals surface area contributed by atoms with Gasteiger partial charge >= 0.3 is 6.09 Å². The monoisotopic (exact) mass is 400 g/mol. The van der Waals surface area contributed by atoms with Crippen LogP contribution in [0.1, 0.15) is 18.6 Å². The number of aromatic nitrogens is 3. The molecular weight excluding hydrogens is 384 g/mol. The Balaban J connectivity index is 1.75. The van der Waals surface area contributed by atoms with E-state index in [1.807, 2.05) is 61.5 Å². The van der Waals surface area contributed by atoms with Crippen LogP contribution in [0.25, 0.3) is 11.3 Å². The maximum Gasteiger partial charge on any atom is 0.413 e. The summed E-state index contributed by atoms with van der Waals surface area (Å²) in [4.78, 5) is 12.2. The Morgan fingerprint density at radius 1 is 1.16 bits per heavy atom. The summed E-state index contributed by atoms with van der Waals surface area (Å²) < 4.78 is 8.01. The maximum atomic E-state index is 12.2. The van der Waals surface area contributed by atoms with Crippen molar-refractivity contribution >= 4 is 27.8 Å². The van der Waals surface area contributed by atoms with Crippen molar-refractivity contribution in [2.45, 2.75) is 13.0 Å². The van der Waals surface area contributed by atoms with Crippen LogP contribution in [0.15, 0.2) is 59.1 Å². The number of rotatable bonds is 4. The van der Waals surface area contributed by atoms with Gasteiger partial charge in [-0.2, -0.15) is 0 Å². The molecule has 3 aromatic rings. The largest absolute Gasteiger partial charge is 0.441 e. The number of halogens is 1. The lowest BCUT2D eigenvalue weighted by atomic mass is 10.1. The van der Waals surface area contributed by atoms with Crippen molar-refractivity contribution in [3.63, 3.8) is 0 Å². The molecule has 0 spiro atoms. The van der Waals surface area contributed by atoms with Gasteiger partial charge in [0.15, 0.2) is 5.82 Å². The minimum Gasteiger partial charge on any atom is -0.441 e. The molecule has 0 fully saturated rings. The molecule has 3 rings (SSSR count). The number of aryl methyl sites for hydroxylation is 1. The molecule has 0 aliphatic carbocycles. The lowest BCUT2D eigenvalue weighted by molar-refractivity contribution is 0.121. The van der Waals surface area contributed by atoms with Gasteiger partial charge in [-0.1, -0.05) is 63.6 Å². The second-order valence-electron chi connectivity index (χ2n) is 5.50. The van der Waals surface area contributed by atoms with E-state index in [0.717, 1.165) is 15.6 Å². The van der Waals surface area contributed by atoms with Gasteiger partial charge < -0.3 is 4.74 Å². The van der Waals surface area contributed by atoms with E-state index < -0.39 is 6.09 Å². The molecule has 0 aliphatic rings. The highest BCUT2D eigenvalue weighted by molar-refractivity contribution is 9.10. The van der Waals surface area contributed by atoms with E-state index in [2.05, 4.69) is 31.6 Å². The average molecular weight is 401 g/mol. The predicted molar refractivity (Wildman–Crippen MR) is 99.1 cm³/mol. The fourth-order valence-corrected chi connectivity index (χ4v) is 2.72. The number of hydrogen-bond donors (Lipinski definition) is 1. The molecule has 6 nitrogen and oxygen atoms in total. The van der Waals surface area contributed by atoms with Crippen molar-refractivity contribution < 1.29 is 9.53 Å². The van der Waals surface area contributed by atoms with Gasteiger partial charge in [-0.15, -0.1) is 5.10 Å². The van der Waals surface area contributed by atoms with Crippen LogP contribution in [-0.4, -0.2) is 21.1 Å². The molecule has 0 aliphatic heterocycles. The zero-order chi connectivity index (χ0) is 17.8. The summed E-state index contributed by atoms with van der Waals surface area (Å²) >= 11 is 3.41. The van der Waals surface area contributed by atoms with Gasteiger partial charge in [0.1, 0.15) is 11.8 Å². The lowest BCUT2D eigenvalue weighted by Crippen LogP contribution is -2.17. The third-order valence-corrected chi connectivity index (χ3v) is 4.25. The highest BCUT2D eigenvalue weighted by Crippen LogP contribution is 2.27. The zero-order valence-electron chi connectivity index (χ0n) is 13.8. The number of carbonyl (C=O) groups is 1. The molecule has 1 amide bonds. The molecule has 1 unspecified atom stereocenters. The van der Waals surface area contributed by atoms with Gasteiger partial charge in [-0.25, -0.2) is 9.48 Å². The number of ether oxygens (including phenoxy) is 1. The predicted octanol–water partition coefficient (Wildman–Crippen LogP) is 4.55. The van der Waals surface area contributed by atoms with Crippen molar-refractivity contribution in [1.29, 1.82) is 0 Å². The number of benzene rings is 2. The summed E-state index contributed by atoms with van der Waals surface area (Å²) in [6.45, 7) is 1.82. The average Bonchev–Trinajstić information content (AvgIpc) is 2.96. The van der Waals surface area contributed by atoms with Gasteiger partial charge in [-0.05, 0) is 24.6 Å². The minimum absolute atomic E-state index is 0.357. The highest BCUT2D eigenvalue weighted by Gasteiger charge is 2.18. The molecule has 1 N–H and O–H groups in total. The number of nitrogens with zero attached hydrogens (tertiary/aromatic N) is 3. The second kappa shape index (κ2) is 7.48. The molecule has 0 saturated heterocycles. The van der Waals surface area contributed by atoms with Crippen molar-refractivity contribution in [3.8, 4) is 11.3 Å². The maximum absolute atomic E-state index is 12.2. The summed E-state index contributed by atoms with van der Waals surface area (Å²) in [5.41, 5.74) is 2.52. The standard InChI is InChI=1S/C18H17BrN4O2/c1-12(13-6-4-3-5-7-13)25-18(24)20-17-16(23(2)22-21-17)14-8-10-15(19)11-9-14/h3-12H,1-2H3,(H,20,24). The molecule has 1 aromatic heterocycles. The van der Waals surface area contributed by atoms with Gasteiger partial charge in [0.05, 0.1) is 0 Å². The van der Waals surface area contributed by atoms with Crippen LogP contribution >= 0.6 is 15.9 Å². The molecule has 7 heteroatoms. The minimum atomic E-state index is -0.574. The molecule has 1 heterocycles. The summed E-state index contributed by atoms with van der Waals surface area (Å²) in [5, 5.41) is 10.7. The van der Waals surface area contributed by atoms with Gasteiger partial charge in [-0.3, -0.25) is 5.32 Å². The van der Waals surface area contributed by atoms with Gasteiger partial charge in [0.2, 0.25) is 0 Å². The molecule has 0 bridgehead atoms. The number of carbonyl (C=O) groups excluding carboxylic acids is 1. The van der Waals surface area contributed by atoms with Crippen molar-refractivity contribution in [3.05, 3.63) is 64.6 Å². The van der Waals surface area contributed by atoms with Gasteiger partial charge in [0, 0.05) is 17.1 Å². The molecule has 128 valence electrons. The Morgan fingerprint density at radius 2 is 1.84 bits per heavy atom. The first kappa shape index (κ1) is 17.2. The Labute approximate surface area is 153 Å². The van der Waals surface area contributed by atoms with E-state index in [9.17, 15) is 4.79 Å². The smallest absolute Gasteiger partial charge is 0.413 e. The Morgan fingerprint density at radius 3 is 2.52 bits per heavy atom. The number of hydrogen-bond acceptors (Lipinski definition) is 4. The zero-order valence-corrected chi connectivity index (χ0v) is 15.4.